The second-order valence-corrected chi connectivity index (χ2v) is 8.14. The van der Waals surface area contributed by atoms with Crippen LogP contribution in [0.4, 0.5) is 33.3 Å². The van der Waals surface area contributed by atoms with Crippen LogP contribution in [0.1, 0.15) is 12.0 Å². The summed E-state index contributed by atoms with van der Waals surface area (Å²) in [5, 5.41) is 7.85. The number of amides is 1. The van der Waals surface area contributed by atoms with Crippen LogP contribution in [0.25, 0.3) is 0 Å². The van der Waals surface area contributed by atoms with Gasteiger partial charge in [0.05, 0.1) is 6.10 Å². The van der Waals surface area contributed by atoms with E-state index >= 15 is 0 Å². The Morgan fingerprint density at radius 3 is 2.72 bits per heavy atom. The Hall–Kier alpha value is -2.64. The van der Waals surface area contributed by atoms with Crippen LogP contribution in [0.5, 0.6) is 0 Å². The molecule has 7 nitrogen and oxygen atoms in total. The maximum absolute atomic E-state index is 14.1. The first-order valence-corrected chi connectivity index (χ1v) is 10.5. The SMILES string of the molecule is Cc1c(N2CC(OCC(F)(F)F)CC2C(=O)Nc2ccnc(S(N)=O)c2)ccc(F)c1F. The highest BCUT2D eigenvalue weighted by atomic mass is 32.2. The minimum atomic E-state index is -4.56. The van der Waals surface area contributed by atoms with Gasteiger partial charge in [0.1, 0.15) is 28.7 Å². The lowest BCUT2D eigenvalue weighted by Gasteiger charge is -2.27. The molecule has 2 heterocycles. The molecular formula is C19H19F5N4O3S. The van der Waals surface area contributed by atoms with Crippen LogP contribution in [-0.2, 0) is 20.5 Å². The van der Waals surface area contributed by atoms with Crippen LogP contribution in [0.3, 0.4) is 0 Å². The van der Waals surface area contributed by atoms with Crippen molar-refractivity contribution in [3.8, 4) is 0 Å². The van der Waals surface area contributed by atoms with Crippen molar-refractivity contribution in [2.45, 2.75) is 36.7 Å². The summed E-state index contributed by atoms with van der Waals surface area (Å²) in [7, 11) is -1.89. The molecule has 0 saturated carbocycles. The van der Waals surface area contributed by atoms with Crippen molar-refractivity contribution in [3.63, 3.8) is 0 Å². The van der Waals surface area contributed by atoms with Crippen molar-refractivity contribution in [2.24, 2.45) is 5.14 Å². The maximum atomic E-state index is 14.1. The number of benzene rings is 1. The standard InChI is InChI=1S/C19H19F5N4O3S/c1-10-14(3-2-13(20)17(10)21)28-8-12(31-9-19(22,23)24)7-15(28)18(29)27-11-4-5-26-16(6-11)32(25)30/h2-6,12,15H,7-9,25H2,1H3,(H,26,27,29). The van der Waals surface area contributed by atoms with Gasteiger partial charge >= 0.3 is 6.18 Å². The molecule has 1 saturated heterocycles. The van der Waals surface area contributed by atoms with Gasteiger partial charge in [-0.25, -0.2) is 23.1 Å². The fourth-order valence-electron chi connectivity index (χ4n) is 3.42. The van der Waals surface area contributed by atoms with E-state index in [9.17, 15) is 31.0 Å². The number of nitrogens with zero attached hydrogens (tertiary/aromatic N) is 2. The zero-order valence-corrected chi connectivity index (χ0v) is 17.5. The third kappa shape index (κ3) is 5.58. The molecule has 13 heteroatoms. The highest BCUT2D eigenvalue weighted by molar-refractivity contribution is 7.82. The number of ether oxygens (including phenoxy) is 1. The van der Waals surface area contributed by atoms with Gasteiger partial charge in [0.2, 0.25) is 5.91 Å². The molecule has 32 heavy (non-hydrogen) atoms. The van der Waals surface area contributed by atoms with Crippen LogP contribution < -0.4 is 15.4 Å². The Bertz CT molecular complexity index is 1040. The van der Waals surface area contributed by atoms with Crippen molar-refractivity contribution in [3.05, 3.63) is 47.7 Å². The number of pyridine rings is 1. The Morgan fingerprint density at radius 1 is 1.34 bits per heavy atom. The summed E-state index contributed by atoms with van der Waals surface area (Å²) in [5.41, 5.74) is 0.269. The number of nitrogens with one attached hydrogen (secondary N) is 1. The second kappa shape index (κ2) is 9.46. The average Bonchev–Trinajstić information content (AvgIpc) is 3.14. The van der Waals surface area contributed by atoms with E-state index in [4.69, 9.17) is 9.88 Å². The topological polar surface area (TPSA) is 97.6 Å². The predicted molar refractivity (Wildman–Crippen MR) is 106 cm³/mol. The molecule has 1 aromatic carbocycles. The summed E-state index contributed by atoms with van der Waals surface area (Å²) in [5.74, 6) is -2.84. The number of rotatable bonds is 6. The number of hydrogen-bond acceptors (Lipinski definition) is 5. The van der Waals surface area contributed by atoms with Crippen molar-refractivity contribution in [1.29, 1.82) is 0 Å². The molecule has 0 radical (unpaired) electrons. The van der Waals surface area contributed by atoms with Gasteiger partial charge in [-0.2, -0.15) is 13.2 Å². The quantitative estimate of drug-likeness (QED) is 0.623. The highest BCUT2D eigenvalue weighted by Crippen LogP contribution is 2.33. The molecule has 0 spiro atoms. The van der Waals surface area contributed by atoms with Crippen molar-refractivity contribution in [1.82, 2.24) is 4.98 Å². The number of carbonyl (C=O) groups is 1. The summed E-state index contributed by atoms with van der Waals surface area (Å²) in [4.78, 5) is 18.1. The number of aromatic nitrogens is 1. The van der Waals surface area contributed by atoms with Gasteiger partial charge in [-0.05, 0) is 31.2 Å². The first-order chi connectivity index (χ1) is 15.0. The summed E-state index contributed by atoms with van der Waals surface area (Å²) < 4.78 is 81.7. The molecule has 0 aliphatic carbocycles. The van der Waals surface area contributed by atoms with E-state index in [1.807, 2.05) is 0 Å². The Balaban J connectivity index is 1.87. The average molecular weight is 478 g/mol. The summed E-state index contributed by atoms with van der Waals surface area (Å²) in [6.45, 7) is -0.348. The molecule has 1 amide bonds. The van der Waals surface area contributed by atoms with E-state index in [2.05, 4.69) is 10.3 Å². The number of hydrogen-bond donors (Lipinski definition) is 2. The Morgan fingerprint density at radius 2 is 2.06 bits per heavy atom. The van der Waals surface area contributed by atoms with Crippen LogP contribution in [-0.4, -0.2) is 46.6 Å². The Labute approximate surface area is 182 Å². The predicted octanol–water partition coefficient (Wildman–Crippen LogP) is 2.81. The van der Waals surface area contributed by atoms with Gasteiger partial charge in [0.25, 0.3) is 0 Å². The molecule has 3 N–H and O–H groups in total. The fraction of sp³-hybridized carbons (Fsp3) is 0.368. The number of anilines is 2. The van der Waals surface area contributed by atoms with E-state index in [1.165, 1.54) is 36.2 Å². The normalized spacial score (nSPS) is 19.8. The first kappa shape index (κ1) is 24.0. The third-order valence-corrected chi connectivity index (χ3v) is 5.51. The molecule has 1 aliphatic rings. The lowest BCUT2D eigenvalue weighted by molar-refractivity contribution is -0.183. The van der Waals surface area contributed by atoms with Gasteiger partial charge in [-0.15, -0.1) is 0 Å². The summed E-state index contributed by atoms with van der Waals surface area (Å²) in [6.07, 6.45) is -4.39. The van der Waals surface area contributed by atoms with Crippen molar-refractivity contribution < 1.29 is 35.7 Å². The Kier molecular flexibility index (Phi) is 7.10. The van der Waals surface area contributed by atoms with E-state index < -0.39 is 53.5 Å². The van der Waals surface area contributed by atoms with Crippen molar-refractivity contribution >= 4 is 28.3 Å². The largest absolute Gasteiger partial charge is 0.411 e. The molecule has 174 valence electrons. The highest BCUT2D eigenvalue weighted by Gasteiger charge is 2.40. The number of carbonyl (C=O) groups excluding carboxylic acids is 1. The van der Waals surface area contributed by atoms with Gasteiger partial charge in [-0.1, -0.05) is 0 Å². The molecule has 2 aromatic rings. The molecule has 1 aliphatic heterocycles. The lowest BCUT2D eigenvalue weighted by atomic mass is 10.1. The maximum Gasteiger partial charge on any atom is 0.411 e. The summed E-state index contributed by atoms with van der Waals surface area (Å²) >= 11 is 0. The first-order valence-electron chi connectivity index (χ1n) is 9.29. The number of nitrogens with two attached hydrogens (primary N) is 1. The van der Waals surface area contributed by atoms with E-state index in [0.29, 0.717) is 0 Å². The van der Waals surface area contributed by atoms with Crippen LogP contribution in [0, 0.1) is 18.6 Å². The molecule has 1 aromatic heterocycles. The smallest absolute Gasteiger partial charge is 0.367 e. The zero-order valence-electron chi connectivity index (χ0n) is 16.7. The van der Waals surface area contributed by atoms with E-state index in [0.717, 1.165) is 6.07 Å². The van der Waals surface area contributed by atoms with Crippen LogP contribution in [0.2, 0.25) is 0 Å². The zero-order chi connectivity index (χ0) is 23.6. The molecule has 3 atom stereocenters. The molecular weight excluding hydrogens is 459 g/mol. The monoisotopic (exact) mass is 478 g/mol. The second-order valence-electron chi connectivity index (χ2n) is 7.13. The van der Waals surface area contributed by atoms with Gasteiger partial charge in [0, 0.05) is 36.1 Å². The summed E-state index contributed by atoms with van der Waals surface area (Å²) in [6, 6.07) is 3.78. The van der Waals surface area contributed by atoms with Crippen molar-refractivity contribution in [2.75, 3.05) is 23.4 Å². The molecule has 0 bridgehead atoms. The molecule has 3 unspecified atom stereocenters. The minimum Gasteiger partial charge on any atom is -0.367 e. The van der Waals surface area contributed by atoms with Gasteiger partial charge in [-0.3, -0.25) is 4.79 Å². The van der Waals surface area contributed by atoms with E-state index in [-0.39, 0.29) is 34.9 Å². The number of alkyl halides is 3. The molecule has 1 fully saturated rings. The third-order valence-electron chi connectivity index (χ3n) is 4.88. The minimum absolute atomic E-state index is 0.00825. The van der Waals surface area contributed by atoms with Crippen LogP contribution >= 0.6 is 0 Å². The van der Waals surface area contributed by atoms with Gasteiger partial charge in [0.15, 0.2) is 11.6 Å². The molecule has 3 rings (SSSR count). The number of halogens is 5. The lowest BCUT2D eigenvalue weighted by Crippen LogP contribution is -2.40. The fourth-order valence-corrected chi connectivity index (χ4v) is 3.83. The van der Waals surface area contributed by atoms with Gasteiger partial charge < -0.3 is 15.0 Å². The van der Waals surface area contributed by atoms with E-state index in [1.54, 1.807) is 0 Å². The van der Waals surface area contributed by atoms with Crippen LogP contribution in [0.15, 0.2) is 35.5 Å².